The fraction of sp³-hybridized carbons (Fsp3) is 0.0833. The number of para-hydroxylation sites is 1. The van der Waals surface area contributed by atoms with E-state index in [9.17, 15) is 10.1 Å². The summed E-state index contributed by atoms with van der Waals surface area (Å²) in [6.45, 7) is 0.373. The molecule has 3 aromatic carbocycles. The molecule has 0 spiro atoms. The third-order valence-corrected chi connectivity index (χ3v) is 4.77. The molecule has 0 aliphatic heterocycles. The Balaban J connectivity index is 1.75. The summed E-state index contributed by atoms with van der Waals surface area (Å²) in [4.78, 5) is 12.5. The minimum atomic E-state index is -0.495. The predicted molar refractivity (Wildman–Crippen MR) is 120 cm³/mol. The molecule has 3 aromatic rings. The van der Waals surface area contributed by atoms with E-state index in [1.807, 2.05) is 42.5 Å². The predicted octanol–water partition coefficient (Wildman–Crippen LogP) is 5.58. The molecule has 5 nitrogen and oxygen atoms in total. The van der Waals surface area contributed by atoms with Crippen LogP contribution in [0.1, 0.15) is 11.1 Å². The number of ether oxygens (including phenoxy) is 2. The number of benzene rings is 3. The summed E-state index contributed by atoms with van der Waals surface area (Å²) >= 11 is 3.41. The van der Waals surface area contributed by atoms with Crippen molar-refractivity contribution in [2.24, 2.45) is 0 Å². The van der Waals surface area contributed by atoms with Gasteiger partial charge in [-0.15, -0.1) is 0 Å². The first-order chi connectivity index (χ1) is 14.6. The van der Waals surface area contributed by atoms with Crippen LogP contribution in [0.25, 0.3) is 6.08 Å². The van der Waals surface area contributed by atoms with Gasteiger partial charge in [0.2, 0.25) is 0 Å². The van der Waals surface area contributed by atoms with Gasteiger partial charge in [-0.2, -0.15) is 5.26 Å². The number of methoxy groups -OCH3 is 1. The van der Waals surface area contributed by atoms with Crippen LogP contribution in [0.5, 0.6) is 11.5 Å². The number of carbonyl (C=O) groups is 1. The topological polar surface area (TPSA) is 71.3 Å². The summed E-state index contributed by atoms with van der Waals surface area (Å²) < 4.78 is 12.0. The fourth-order valence-corrected chi connectivity index (χ4v) is 2.91. The first-order valence-corrected chi connectivity index (χ1v) is 9.92. The van der Waals surface area contributed by atoms with Gasteiger partial charge in [0, 0.05) is 15.7 Å². The number of hydrogen-bond donors (Lipinski definition) is 1. The zero-order valence-corrected chi connectivity index (χ0v) is 17.8. The number of carbonyl (C=O) groups excluding carboxylic acids is 1. The average Bonchev–Trinajstić information content (AvgIpc) is 2.78. The summed E-state index contributed by atoms with van der Waals surface area (Å²) in [5.41, 5.74) is 2.21. The third kappa shape index (κ3) is 5.72. The molecule has 0 aliphatic rings. The van der Waals surface area contributed by atoms with E-state index in [-0.39, 0.29) is 5.57 Å². The number of nitrogens with one attached hydrogen (secondary N) is 1. The SMILES string of the molecule is COc1ccc(NC(=O)/C(C#N)=C/c2ccccc2OCc2ccc(Br)cc2)cc1. The molecule has 0 fully saturated rings. The molecule has 3 rings (SSSR count). The second-order valence-corrected chi connectivity index (χ2v) is 7.22. The van der Waals surface area contributed by atoms with Crippen molar-refractivity contribution in [1.29, 1.82) is 5.26 Å². The van der Waals surface area contributed by atoms with Crippen molar-refractivity contribution in [1.82, 2.24) is 0 Å². The highest BCUT2D eigenvalue weighted by molar-refractivity contribution is 9.10. The van der Waals surface area contributed by atoms with Crippen LogP contribution in [0.15, 0.2) is 82.8 Å². The maximum absolute atomic E-state index is 12.5. The Morgan fingerprint density at radius 3 is 2.43 bits per heavy atom. The first kappa shape index (κ1) is 21.2. The molecular formula is C24H19BrN2O3. The van der Waals surface area contributed by atoms with Crippen LogP contribution in [0.4, 0.5) is 5.69 Å². The van der Waals surface area contributed by atoms with Gasteiger partial charge in [-0.3, -0.25) is 4.79 Å². The molecule has 0 atom stereocenters. The van der Waals surface area contributed by atoms with E-state index in [1.165, 1.54) is 6.08 Å². The highest BCUT2D eigenvalue weighted by atomic mass is 79.9. The van der Waals surface area contributed by atoms with E-state index < -0.39 is 5.91 Å². The van der Waals surface area contributed by atoms with Gasteiger partial charge in [-0.1, -0.05) is 46.3 Å². The number of halogens is 1. The third-order valence-electron chi connectivity index (χ3n) is 4.24. The maximum Gasteiger partial charge on any atom is 0.266 e. The molecule has 1 N–H and O–H groups in total. The van der Waals surface area contributed by atoms with Gasteiger partial charge in [0.05, 0.1) is 7.11 Å². The monoisotopic (exact) mass is 462 g/mol. The number of nitriles is 1. The Labute approximate surface area is 183 Å². The lowest BCUT2D eigenvalue weighted by Crippen LogP contribution is -2.13. The smallest absolute Gasteiger partial charge is 0.266 e. The van der Waals surface area contributed by atoms with Crippen LogP contribution in [-0.2, 0) is 11.4 Å². The normalized spacial score (nSPS) is 10.8. The van der Waals surface area contributed by atoms with Crippen molar-refractivity contribution in [2.75, 3.05) is 12.4 Å². The molecule has 0 saturated carbocycles. The van der Waals surface area contributed by atoms with E-state index in [2.05, 4.69) is 21.2 Å². The zero-order valence-electron chi connectivity index (χ0n) is 16.3. The molecule has 30 heavy (non-hydrogen) atoms. The Bertz CT molecular complexity index is 1080. The van der Waals surface area contributed by atoms with E-state index in [4.69, 9.17) is 9.47 Å². The van der Waals surface area contributed by atoms with Crippen LogP contribution in [0.2, 0.25) is 0 Å². The van der Waals surface area contributed by atoms with Gasteiger partial charge in [0.25, 0.3) is 5.91 Å². The van der Waals surface area contributed by atoms with Gasteiger partial charge >= 0.3 is 0 Å². The molecule has 0 saturated heterocycles. The second kappa shape index (κ2) is 10.3. The highest BCUT2D eigenvalue weighted by Gasteiger charge is 2.11. The van der Waals surface area contributed by atoms with Crippen LogP contribution >= 0.6 is 15.9 Å². The lowest BCUT2D eigenvalue weighted by atomic mass is 10.1. The molecular weight excluding hydrogens is 444 g/mol. The van der Waals surface area contributed by atoms with Crippen molar-refractivity contribution in [3.05, 3.63) is 94.0 Å². The van der Waals surface area contributed by atoms with Crippen LogP contribution in [0.3, 0.4) is 0 Å². The number of nitrogens with zero attached hydrogens (tertiary/aromatic N) is 1. The summed E-state index contributed by atoms with van der Waals surface area (Å²) in [6.07, 6.45) is 1.52. The number of anilines is 1. The minimum absolute atomic E-state index is 0.0227. The molecule has 0 bridgehead atoms. The molecule has 0 aliphatic carbocycles. The summed E-state index contributed by atoms with van der Waals surface area (Å²) in [7, 11) is 1.57. The van der Waals surface area contributed by atoms with Crippen molar-refractivity contribution in [2.45, 2.75) is 6.61 Å². The van der Waals surface area contributed by atoms with Crippen molar-refractivity contribution < 1.29 is 14.3 Å². The average molecular weight is 463 g/mol. The second-order valence-electron chi connectivity index (χ2n) is 6.31. The molecule has 6 heteroatoms. The largest absolute Gasteiger partial charge is 0.497 e. The molecule has 0 unspecified atom stereocenters. The van der Waals surface area contributed by atoms with Gasteiger partial charge in [0.1, 0.15) is 29.7 Å². The Hall–Kier alpha value is -3.56. The molecule has 0 aromatic heterocycles. The number of hydrogen-bond acceptors (Lipinski definition) is 4. The number of rotatable bonds is 7. The molecule has 0 heterocycles. The Morgan fingerprint density at radius 2 is 1.77 bits per heavy atom. The Morgan fingerprint density at radius 1 is 1.07 bits per heavy atom. The summed E-state index contributed by atoms with van der Waals surface area (Å²) in [5.74, 6) is 0.775. The lowest BCUT2D eigenvalue weighted by molar-refractivity contribution is -0.112. The van der Waals surface area contributed by atoms with Crippen molar-refractivity contribution in [3.8, 4) is 17.6 Å². The standard InChI is InChI=1S/C24H19BrN2O3/c1-29-22-12-10-21(11-13-22)27-24(28)19(15-26)14-18-4-2-3-5-23(18)30-16-17-6-8-20(25)9-7-17/h2-14H,16H2,1H3,(H,27,28)/b19-14+. The maximum atomic E-state index is 12.5. The quantitative estimate of drug-likeness (QED) is 0.367. The summed E-state index contributed by atoms with van der Waals surface area (Å²) in [5, 5.41) is 12.2. The van der Waals surface area contributed by atoms with E-state index in [0.717, 1.165) is 10.0 Å². The van der Waals surface area contributed by atoms with Crippen molar-refractivity contribution >= 4 is 33.6 Å². The van der Waals surface area contributed by atoms with Gasteiger partial charge < -0.3 is 14.8 Å². The molecule has 1 amide bonds. The van der Waals surface area contributed by atoms with Crippen LogP contribution in [-0.4, -0.2) is 13.0 Å². The molecule has 0 radical (unpaired) electrons. The van der Waals surface area contributed by atoms with Crippen LogP contribution in [0, 0.1) is 11.3 Å². The van der Waals surface area contributed by atoms with Crippen molar-refractivity contribution in [3.63, 3.8) is 0 Å². The van der Waals surface area contributed by atoms with Crippen LogP contribution < -0.4 is 14.8 Å². The van der Waals surface area contributed by atoms with Gasteiger partial charge in [-0.25, -0.2) is 0 Å². The zero-order chi connectivity index (χ0) is 21.3. The van der Waals surface area contributed by atoms with Gasteiger partial charge in [-0.05, 0) is 54.1 Å². The van der Waals surface area contributed by atoms with E-state index in [1.54, 1.807) is 43.5 Å². The first-order valence-electron chi connectivity index (χ1n) is 9.12. The summed E-state index contributed by atoms with van der Waals surface area (Å²) in [6, 6.07) is 23.9. The number of amides is 1. The van der Waals surface area contributed by atoms with Gasteiger partial charge in [0.15, 0.2) is 0 Å². The fourth-order valence-electron chi connectivity index (χ4n) is 2.65. The lowest BCUT2D eigenvalue weighted by Gasteiger charge is -2.10. The van der Waals surface area contributed by atoms with E-state index in [0.29, 0.717) is 29.4 Å². The van der Waals surface area contributed by atoms with E-state index >= 15 is 0 Å². The highest BCUT2D eigenvalue weighted by Crippen LogP contribution is 2.23. The minimum Gasteiger partial charge on any atom is -0.497 e. The Kier molecular flexibility index (Phi) is 7.25. The molecule has 150 valence electrons.